The van der Waals surface area contributed by atoms with E-state index in [0.717, 1.165) is 37.4 Å². The number of rotatable bonds is 4. The molecule has 1 heterocycles. The molecule has 2 N–H and O–H groups in total. The van der Waals surface area contributed by atoms with Crippen LogP contribution < -0.4 is 5.32 Å². The topological polar surface area (TPSA) is 35.5 Å². The standard InChI is InChI=1S/C17H26N2O/c1-13-7-10-19(11-8-13)12-9-18-16-6-5-15-14(16)3-2-4-17(15)20/h2-4,13,16,18,20H,5-12H2,1H3. The molecule has 1 aromatic carbocycles. The summed E-state index contributed by atoms with van der Waals surface area (Å²) in [6, 6.07) is 6.35. The lowest BCUT2D eigenvalue weighted by Gasteiger charge is -2.30. The van der Waals surface area contributed by atoms with E-state index in [0.29, 0.717) is 11.8 Å². The summed E-state index contributed by atoms with van der Waals surface area (Å²) in [7, 11) is 0. The summed E-state index contributed by atoms with van der Waals surface area (Å²) in [6.07, 6.45) is 4.81. The van der Waals surface area contributed by atoms with Crippen molar-refractivity contribution in [1.82, 2.24) is 10.2 Å². The van der Waals surface area contributed by atoms with Crippen molar-refractivity contribution in [2.24, 2.45) is 5.92 Å². The van der Waals surface area contributed by atoms with Crippen molar-refractivity contribution in [2.75, 3.05) is 26.2 Å². The first kappa shape index (κ1) is 13.9. The van der Waals surface area contributed by atoms with Gasteiger partial charge in [0.15, 0.2) is 0 Å². The van der Waals surface area contributed by atoms with Gasteiger partial charge < -0.3 is 15.3 Å². The molecular formula is C17H26N2O. The van der Waals surface area contributed by atoms with Crippen molar-refractivity contribution in [2.45, 2.75) is 38.6 Å². The number of hydrogen-bond acceptors (Lipinski definition) is 3. The van der Waals surface area contributed by atoms with Crippen LogP contribution in [0.5, 0.6) is 5.75 Å². The molecule has 0 spiro atoms. The van der Waals surface area contributed by atoms with Crippen molar-refractivity contribution < 1.29 is 5.11 Å². The first-order valence-electron chi connectivity index (χ1n) is 8.00. The van der Waals surface area contributed by atoms with Gasteiger partial charge in [-0.1, -0.05) is 19.1 Å². The lowest BCUT2D eigenvalue weighted by molar-refractivity contribution is 0.191. The minimum absolute atomic E-state index is 0.431. The van der Waals surface area contributed by atoms with Crippen LogP contribution in [0.1, 0.15) is 43.4 Å². The molecule has 1 aliphatic heterocycles. The highest BCUT2D eigenvalue weighted by molar-refractivity contribution is 5.44. The quantitative estimate of drug-likeness (QED) is 0.886. The van der Waals surface area contributed by atoms with Crippen molar-refractivity contribution in [3.8, 4) is 5.75 Å². The Bertz CT molecular complexity index is 452. The van der Waals surface area contributed by atoms with Gasteiger partial charge in [0.25, 0.3) is 0 Å². The fourth-order valence-corrected chi connectivity index (χ4v) is 3.53. The summed E-state index contributed by atoms with van der Waals surface area (Å²) in [5.41, 5.74) is 2.45. The SMILES string of the molecule is CC1CCN(CCNC2CCc3c(O)cccc32)CC1. The number of hydrogen-bond donors (Lipinski definition) is 2. The number of fused-ring (bicyclic) bond motifs is 1. The number of phenolic OH excluding ortho intramolecular Hbond substituents is 1. The molecule has 1 aliphatic carbocycles. The molecule has 20 heavy (non-hydrogen) atoms. The largest absolute Gasteiger partial charge is 0.508 e. The lowest BCUT2D eigenvalue weighted by atomic mass is 9.99. The minimum atomic E-state index is 0.431. The van der Waals surface area contributed by atoms with Gasteiger partial charge in [0, 0.05) is 19.1 Å². The zero-order valence-corrected chi connectivity index (χ0v) is 12.4. The number of benzene rings is 1. The summed E-state index contributed by atoms with van der Waals surface area (Å²) in [6.45, 7) is 7.07. The van der Waals surface area contributed by atoms with Crippen LogP contribution in [0.25, 0.3) is 0 Å². The molecule has 3 nitrogen and oxygen atoms in total. The maximum atomic E-state index is 9.87. The highest BCUT2D eigenvalue weighted by Crippen LogP contribution is 2.36. The van der Waals surface area contributed by atoms with Crippen molar-refractivity contribution in [3.05, 3.63) is 29.3 Å². The number of likely N-dealkylation sites (tertiary alicyclic amines) is 1. The first-order valence-corrected chi connectivity index (χ1v) is 8.00. The van der Waals surface area contributed by atoms with Gasteiger partial charge in [0.05, 0.1) is 0 Å². The Labute approximate surface area is 122 Å². The van der Waals surface area contributed by atoms with Crippen LogP contribution in [0.2, 0.25) is 0 Å². The average Bonchev–Trinajstić information content (AvgIpc) is 2.86. The van der Waals surface area contributed by atoms with Crippen molar-refractivity contribution >= 4 is 0 Å². The van der Waals surface area contributed by atoms with Crippen LogP contribution in [0.15, 0.2) is 18.2 Å². The molecule has 2 aliphatic rings. The fraction of sp³-hybridized carbons (Fsp3) is 0.647. The normalized spacial score (nSPS) is 23.9. The Kier molecular flexibility index (Phi) is 4.27. The molecule has 0 radical (unpaired) electrons. The summed E-state index contributed by atoms with van der Waals surface area (Å²) in [5.74, 6) is 1.38. The minimum Gasteiger partial charge on any atom is -0.508 e. The van der Waals surface area contributed by atoms with Gasteiger partial charge >= 0.3 is 0 Å². The van der Waals surface area contributed by atoms with Crippen LogP contribution in [0.3, 0.4) is 0 Å². The smallest absolute Gasteiger partial charge is 0.119 e. The number of aromatic hydroxyl groups is 1. The fourth-order valence-electron chi connectivity index (χ4n) is 3.53. The summed E-state index contributed by atoms with van der Waals surface area (Å²) < 4.78 is 0. The molecule has 3 rings (SSSR count). The highest BCUT2D eigenvalue weighted by Gasteiger charge is 2.24. The molecule has 0 aromatic heterocycles. The van der Waals surface area contributed by atoms with Gasteiger partial charge in [-0.25, -0.2) is 0 Å². The molecular weight excluding hydrogens is 248 g/mol. The van der Waals surface area contributed by atoms with E-state index < -0.39 is 0 Å². The third-order valence-corrected chi connectivity index (χ3v) is 4.94. The van der Waals surface area contributed by atoms with E-state index in [9.17, 15) is 5.11 Å². The van der Waals surface area contributed by atoms with E-state index in [1.54, 1.807) is 6.07 Å². The second-order valence-electron chi connectivity index (χ2n) is 6.41. The molecule has 1 fully saturated rings. The monoisotopic (exact) mass is 274 g/mol. The Morgan fingerprint density at radius 3 is 2.85 bits per heavy atom. The molecule has 1 saturated heterocycles. The highest BCUT2D eigenvalue weighted by atomic mass is 16.3. The van der Waals surface area contributed by atoms with Crippen LogP contribution in [-0.4, -0.2) is 36.2 Å². The van der Waals surface area contributed by atoms with Gasteiger partial charge in [-0.2, -0.15) is 0 Å². The average molecular weight is 274 g/mol. The van der Waals surface area contributed by atoms with Crippen LogP contribution in [0, 0.1) is 5.92 Å². The number of piperidine rings is 1. The van der Waals surface area contributed by atoms with Gasteiger partial charge in [-0.3, -0.25) is 0 Å². The molecule has 1 aromatic rings. The Morgan fingerprint density at radius 2 is 2.05 bits per heavy atom. The lowest BCUT2D eigenvalue weighted by Crippen LogP contribution is -2.38. The Hall–Kier alpha value is -1.06. The Balaban J connectivity index is 1.48. The number of nitrogens with one attached hydrogen (secondary N) is 1. The predicted octanol–water partition coefficient (Wildman–Crippen LogP) is 2.70. The number of phenols is 1. The predicted molar refractivity (Wildman–Crippen MR) is 82.0 cm³/mol. The van der Waals surface area contributed by atoms with Gasteiger partial charge in [0.1, 0.15) is 5.75 Å². The summed E-state index contributed by atoms with van der Waals surface area (Å²) in [5, 5.41) is 13.5. The summed E-state index contributed by atoms with van der Waals surface area (Å²) >= 11 is 0. The molecule has 1 unspecified atom stereocenters. The van der Waals surface area contributed by atoms with Gasteiger partial charge in [0.2, 0.25) is 0 Å². The third-order valence-electron chi connectivity index (χ3n) is 4.94. The maximum absolute atomic E-state index is 9.87. The van der Waals surface area contributed by atoms with E-state index in [2.05, 4.69) is 23.2 Å². The van der Waals surface area contributed by atoms with Crippen molar-refractivity contribution in [1.29, 1.82) is 0 Å². The van der Waals surface area contributed by atoms with Crippen molar-refractivity contribution in [3.63, 3.8) is 0 Å². The summed E-state index contributed by atoms with van der Waals surface area (Å²) in [4.78, 5) is 2.57. The van der Waals surface area contributed by atoms with Gasteiger partial charge in [-0.15, -0.1) is 0 Å². The second-order valence-corrected chi connectivity index (χ2v) is 6.41. The third kappa shape index (κ3) is 2.99. The zero-order valence-electron chi connectivity index (χ0n) is 12.4. The van der Waals surface area contributed by atoms with E-state index in [1.807, 2.05) is 6.07 Å². The molecule has 0 amide bonds. The molecule has 1 atom stereocenters. The van der Waals surface area contributed by atoms with Gasteiger partial charge in [-0.05, 0) is 61.9 Å². The van der Waals surface area contributed by atoms with Crippen LogP contribution >= 0.6 is 0 Å². The first-order chi connectivity index (χ1) is 9.74. The maximum Gasteiger partial charge on any atom is 0.119 e. The second kappa shape index (κ2) is 6.15. The molecule has 3 heteroatoms. The van der Waals surface area contributed by atoms with E-state index in [1.165, 1.54) is 31.5 Å². The molecule has 0 bridgehead atoms. The molecule has 0 saturated carbocycles. The Morgan fingerprint density at radius 1 is 1.25 bits per heavy atom. The van der Waals surface area contributed by atoms with Crippen LogP contribution in [0.4, 0.5) is 0 Å². The van der Waals surface area contributed by atoms with Crippen LogP contribution in [-0.2, 0) is 6.42 Å². The number of nitrogens with zero attached hydrogens (tertiary/aromatic N) is 1. The van der Waals surface area contributed by atoms with E-state index in [-0.39, 0.29) is 0 Å². The van der Waals surface area contributed by atoms with E-state index >= 15 is 0 Å². The van der Waals surface area contributed by atoms with E-state index in [4.69, 9.17) is 0 Å². The molecule has 110 valence electrons. The zero-order chi connectivity index (χ0) is 13.9.